The molecule has 16 nitrogen and oxygen atoms in total. The monoisotopic (exact) mass is 851 g/mol. The summed E-state index contributed by atoms with van der Waals surface area (Å²) in [5.41, 5.74) is 22.6. The number of carbonyl (C=O) groups excluding carboxylic acids is 5. The van der Waals surface area contributed by atoms with Gasteiger partial charge in [0.05, 0.1) is 6.07 Å². The van der Waals surface area contributed by atoms with Crippen LogP contribution in [0, 0.1) is 18.3 Å². The van der Waals surface area contributed by atoms with Crippen LogP contribution in [0.1, 0.15) is 84.6 Å². The lowest BCUT2D eigenvalue weighted by atomic mass is 9.93. The summed E-state index contributed by atoms with van der Waals surface area (Å²) in [6.07, 6.45) is 5.61. The average Bonchev–Trinajstić information content (AvgIpc) is 3.66. The summed E-state index contributed by atoms with van der Waals surface area (Å²) in [6, 6.07) is 12.9. The predicted molar refractivity (Wildman–Crippen MR) is 235 cm³/mol. The number of hydrogen-bond donors (Lipinski definition) is 6. The zero-order valence-corrected chi connectivity index (χ0v) is 36.2. The summed E-state index contributed by atoms with van der Waals surface area (Å²) in [7, 11) is 1.48. The van der Waals surface area contributed by atoms with Crippen LogP contribution in [0.5, 0.6) is 11.5 Å². The maximum absolute atomic E-state index is 14.8. The molecule has 2 aliphatic rings. The Hall–Kier alpha value is -6.02. The topological polar surface area (TPSA) is 248 Å². The lowest BCUT2D eigenvalue weighted by Gasteiger charge is -2.34. The van der Waals surface area contributed by atoms with Gasteiger partial charge in [-0.2, -0.15) is 5.26 Å². The molecule has 16 heteroatoms. The lowest BCUT2D eigenvalue weighted by Crippen LogP contribution is -2.55. The molecule has 0 aromatic heterocycles. The number of hydrogen-bond acceptors (Lipinski definition) is 11. The number of rotatable bonds is 16. The summed E-state index contributed by atoms with van der Waals surface area (Å²) < 4.78 is 12.2. The van der Waals surface area contributed by atoms with Crippen molar-refractivity contribution < 1.29 is 33.4 Å². The van der Waals surface area contributed by atoms with Gasteiger partial charge in [-0.15, -0.1) is 0 Å². The molecule has 332 valence electrons. The number of unbranched alkanes of at least 4 members (excludes halogenated alkanes) is 3. The molecule has 4 bridgehead atoms. The molecule has 5 amide bonds. The molecule has 1 fully saturated rings. The Kier molecular flexibility index (Phi) is 16.8. The van der Waals surface area contributed by atoms with Crippen LogP contribution in [0.25, 0.3) is 11.1 Å². The molecule has 0 spiro atoms. The highest BCUT2D eigenvalue weighted by Gasteiger charge is 2.43. The van der Waals surface area contributed by atoms with Crippen molar-refractivity contribution in [3.63, 3.8) is 0 Å². The first kappa shape index (κ1) is 47.0. The van der Waals surface area contributed by atoms with Crippen molar-refractivity contribution in [1.82, 2.24) is 25.8 Å². The fourth-order valence-corrected chi connectivity index (χ4v) is 8.05. The second kappa shape index (κ2) is 22.2. The largest absolute Gasteiger partial charge is 0.492 e. The number of carbonyl (C=O) groups is 5. The number of aryl methyl sites for hydroxylation is 2. The standard InChI is InChI=1S/C46H61N9O7/c1-5-6-7-8-9-30-10-13-34(28(2)22-30)45(59)55-27-33(50)26-38(55)46(60)54(4)41-32-12-15-40(62-21-18-49)36(25-32)35-23-31(11-14-39(35)61-20-17-48)24-37(43(57)51-19-16-47)53-42(56)29(3)52-44(41)58/h10-15,22-23,25,29,33,37-38,41H,5-9,17-21,24,26-27,48-50H2,1-4H3,(H,51,57)(H,52,58)(H,53,56)/t29-,33-,37-,38-,41-/m0/s1. The SMILES string of the molecule is CCCCCCc1ccc(C(=O)N2C[C@@H](N)C[C@H]2C(=O)N(C)[C@@H]2C(=O)N[C@@H](C)C(=O)N[C@H](C(=O)NCC#N)Cc3ccc(OCCN)c(c3)-c3cc2ccc3OCCN)c(C)c1. The molecule has 3 aromatic rings. The van der Waals surface area contributed by atoms with E-state index < -0.39 is 53.8 Å². The summed E-state index contributed by atoms with van der Waals surface area (Å²) >= 11 is 0. The number of nitrogens with zero attached hydrogens (tertiary/aromatic N) is 3. The van der Waals surface area contributed by atoms with Gasteiger partial charge in [-0.05, 0) is 85.7 Å². The summed E-state index contributed by atoms with van der Waals surface area (Å²) in [4.78, 5) is 73.5. The van der Waals surface area contributed by atoms with Crippen molar-refractivity contribution in [3.05, 3.63) is 82.4 Å². The van der Waals surface area contributed by atoms with E-state index in [9.17, 15) is 24.0 Å². The van der Waals surface area contributed by atoms with Gasteiger partial charge in [0, 0.05) is 55.8 Å². The van der Waals surface area contributed by atoms with Crippen molar-refractivity contribution in [2.75, 3.05) is 46.4 Å². The molecule has 5 atom stereocenters. The number of nitrogens with two attached hydrogens (primary N) is 3. The molecule has 0 saturated carbocycles. The minimum atomic E-state index is -1.34. The number of nitrogens with one attached hydrogen (secondary N) is 3. The van der Waals surface area contributed by atoms with Crippen molar-refractivity contribution in [2.24, 2.45) is 17.2 Å². The third-order valence-corrected chi connectivity index (χ3v) is 11.3. The van der Waals surface area contributed by atoms with Crippen LogP contribution in [0.3, 0.4) is 0 Å². The first-order chi connectivity index (χ1) is 29.8. The normalized spacial score (nSPS) is 20.0. The van der Waals surface area contributed by atoms with Gasteiger partial charge in [0.15, 0.2) is 0 Å². The van der Waals surface area contributed by atoms with Gasteiger partial charge >= 0.3 is 0 Å². The Morgan fingerprint density at radius 1 is 0.935 bits per heavy atom. The second-order valence-corrected chi connectivity index (χ2v) is 16.0. The van der Waals surface area contributed by atoms with E-state index >= 15 is 0 Å². The molecule has 0 unspecified atom stereocenters. The van der Waals surface area contributed by atoms with Crippen molar-refractivity contribution in [3.8, 4) is 28.7 Å². The highest BCUT2D eigenvalue weighted by Crippen LogP contribution is 2.40. The maximum Gasteiger partial charge on any atom is 0.254 e. The number of likely N-dealkylation sites (N-methyl/N-ethyl adjacent to an activating group) is 1. The Morgan fingerprint density at radius 3 is 2.29 bits per heavy atom. The average molecular weight is 852 g/mol. The second-order valence-electron chi connectivity index (χ2n) is 16.0. The fraction of sp³-hybridized carbons (Fsp3) is 0.478. The molecule has 1 saturated heterocycles. The smallest absolute Gasteiger partial charge is 0.254 e. The molecule has 9 N–H and O–H groups in total. The summed E-state index contributed by atoms with van der Waals surface area (Å²) in [5.74, 6) is -2.01. The Balaban J connectivity index is 1.58. The van der Waals surface area contributed by atoms with Crippen LogP contribution in [0.15, 0.2) is 54.6 Å². The molecule has 5 rings (SSSR count). The minimum Gasteiger partial charge on any atom is -0.492 e. The van der Waals surface area contributed by atoms with E-state index in [-0.39, 0.29) is 58.1 Å². The van der Waals surface area contributed by atoms with Crippen LogP contribution >= 0.6 is 0 Å². The molecule has 0 radical (unpaired) electrons. The Bertz CT molecular complexity index is 2140. The van der Waals surface area contributed by atoms with E-state index in [0.717, 1.165) is 36.8 Å². The molecule has 2 heterocycles. The van der Waals surface area contributed by atoms with E-state index in [4.69, 9.17) is 31.9 Å². The maximum atomic E-state index is 14.8. The molecular weight excluding hydrogens is 791 g/mol. The quantitative estimate of drug-likeness (QED) is 0.0902. The van der Waals surface area contributed by atoms with Gasteiger partial charge in [-0.1, -0.05) is 50.5 Å². The van der Waals surface area contributed by atoms with Gasteiger partial charge in [0.2, 0.25) is 23.6 Å². The highest BCUT2D eigenvalue weighted by atomic mass is 16.5. The first-order valence-corrected chi connectivity index (χ1v) is 21.4. The molecular formula is C46H61N9O7. The van der Waals surface area contributed by atoms with E-state index in [1.807, 2.05) is 31.2 Å². The number of fused-ring (bicyclic) bond motifs is 5. The van der Waals surface area contributed by atoms with Crippen molar-refractivity contribution in [1.29, 1.82) is 5.26 Å². The predicted octanol–water partition coefficient (Wildman–Crippen LogP) is 2.39. The fourth-order valence-electron chi connectivity index (χ4n) is 8.05. The highest BCUT2D eigenvalue weighted by molar-refractivity contribution is 6.00. The number of benzene rings is 3. The van der Waals surface area contributed by atoms with Gasteiger partial charge in [0.25, 0.3) is 5.91 Å². The van der Waals surface area contributed by atoms with E-state index in [1.54, 1.807) is 36.4 Å². The zero-order valence-electron chi connectivity index (χ0n) is 36.2. The van der Waals surface area contributed by atoms with E-state index in [2.05, 4.69) is 22.9 Å². The van der Waals surface area contributed by atoms with Crippen LogP contribution in [0.4, 0.5) is 0 Å². The van der Waals surface area contributed by atoms with Gasteiger partial charge < -0.3 is 52.4 Å². The van der Waals surface area contributed by atoms with Gasteiger partial charge in [-0.3, -0.25) is 24.0 Å². The van der Waals surface area contributed by atoms with Crippen LogP contribution < -0.4 is 42.6 Å². The van der Waals surface area contributed by atoms with Crippen molar-refractivity contribution in [2.45, 2.75) is 95.9 Å². The minimum absolute atomic E-state index is 0.0217. The number of amides is 5. The molecule has 62 heavy (non-hydrogen) atoms. The molecule has 3 aromatic carbocycles. The molecule has 0 aliphatic carbocycles. The third kappa shape index (κ3) is 11.5. The van der Waals surface area contributed by atoms with Gasteiger partial charge in [-0.25, -0.2) is 0 Å². The zero-order chi connectivity index (χ0) is 44.9. The van der Waals surface area contributed by atoms with E-state index in [1.165, 1.54) is 30.2 Å². The van der Waals surface area contributed by atoms with E-state index in [0.29, 0.717) is 39.3 Å². The van der Waals surface area contributed by atoms with Crippen molar-refractivity contribution >= 4 is 29.5 Å². The molecule has 2 aliphatic heterocycles. The number of likely N-dealkylation sites (tertiary alicyclic amines) is 1. The Labute approximate surface area is 363 Å². The lowest BCUT2D eigenvalue weighted by molar-refractivity contribution is -0.143. The first-order valence-electron chi connectivity index (χ1n) is 21.4. The summed E-state index contributed by atoms with van der Waals surface area (Å²) in [6.45, 7) is 6.13. The summed E-state index contributed by atoms with van der Waals surface area (Å²) in [5, 5.41) is 17.1. The number of ether oxygens (including phenoxy) is 2. The van der Waals surface area contributed by atoms with Gasteiger partial charge in [0.1, 0.15) is 55.4 Å². The number of nitriles is 1. The van der Waals surface area contributed by atoms with Crippen LogP contribution in [-0.4, -0.2) is 110 Å². The van der Waals surface area contributed by atoms with Crippen LogP contribution in [-0.2, 0) is 32.0 Å². The Morgan fingerprint density at radius 2 is 1.63 bits per heavy atom. The third-order valence-electron chi connectivity index (χ3n) is 11.3. The van der Waals surface area contributed by atoms with Crippen LogP contribution in [0.2, 0.25) is 0 Å².